The zero-order valence-corrected chi connectivity index (χ0v) is 11.4. The molecule has 4 amide bonds. The molecule has 1 aliphatic heterocycles. The number of carbonyl (C=O) groups excluding carboxylic acids is 3. The van der Waals surface area contributed by atoms with Gasteiger partial charge in [-0.1, -0.05) is 23.6 Å². The van der Waals surface area contributed by atoms with Gasteiger partial charge in [-0.15, -0.1) is 6.42 Å². The molecule has 0 spiro atoms. The Morgan fingerprint density at radius 1 is 1.24 bits per heavy atom. The fraction of sp³-hybridized carbons (Fsp3) is 0.0714. The van der Waals surface area contributed by atoms with E-state index in [9.17, 15) is 14.4 Å². The summed E-state index contributed by atoms with van der Waals surface area (Å²) in [6, 6.07) is 3.83. The number of benzene rings is 1. The van der Waals surface area contributed by atoms with Crippen LogP contribution in [0.15, 0.2) is 23.8 Å². The summed E-state index contributed by atoms with van der Waals surface area (Å²) < 4.78 is 5.20. The zero-order chi connectivity index (χ0) is 15.4. The number of terminal acetylenes is 1. The van der Waals surface area contributed by atoms with Crippen LogP contribution in [0.1, 0.15) is 5.56 Å². The first-order chi connectivity index (χ1) is 10.0. The van der Waals surface area contributed by atoms with E-state index in [0.717, 1.165) is 0 Å². The molecular weight excluding hydrogens is 296 g/mol. The molecule has 0 atom stereocenters. The number of barbiturate groups is 1. The van der Waals surface area contributed by atoms with E-state index in [0.29, 0.717) is 11.3 Å². The van der Waals surface area contributed by atoms with Crippen molar-refractivity contribution in [2.45, 2.75) is 0 Å². The van der Waals surface area contributed by atoms with Crippen LogP contribution < -0.4 is 15.4 Å². The highest BCUT2D eigenvalue weighted by Gasteiger charge is 2.27. The molecule has 106 valence electrons. The third-order valence-corrected chi connectivity index (χ3v) is 2.82. The lowest BCUT2D eigenvalue weighted by Gasteiger charge is -2.14. The largest absolute Gasteiger partial charge is 0.479 e. The summed E-state index contributed by atoms with van der Waals surface area (Å²) in [5.41, 5.74) is 0.311. The Labute approximate surface area is 125 Å². The summed E-state index contributed by atoms with van der Waals surface area (Å²) in [5, 5.41) is 4.24. The normalized spacial score (nSPS) is 14.1. The molecule has 1 aromatic carbocycles. The first-order valence-corrected chi connectivity index (χ1v) is 6.13. The van der Waals surface area contributed by atoms with Crippen molar-refractivity contribution in [3.8, 4) is 18.1 Å². The average Bonchev–Trinajstić information content (AvgIpc) is 2.42. The standard InChI is InChI=1S/C14H9ClN2O4/c1-2-5-21-11-4-3-8(7-10(11)15)6-9-12(18)16-14(20)17-13(9)19/h1,3-4,6-7H,5H2,(H2,16,17,18,19,20). The molecule has 2 rings (SSSR count). The Morgan fingerprint density at radius 3 is 2.48 bits per heavy atom. The molecule has 0 aromatic heterocycles. The first-order valence-electron chi connectivity index (χ1n) is 5.75. The van der Waals surface area contributed by atoms with Gasteiger partial charge in [0.2, 0.25) is 0 Å². The Bertz CT molecular complexity index is 681. The van der Waals surface area contributed by atoms with Crippen molar-refractivity contribution in [1.82, 2.24) is 10.6 Å². The second kappa shape index (κ2) is 6.11. The van der Waals surface area contributed by atoms with Crippen LogP contribution in [-0.2, 0) is 9.59 Å². The van der Waals surface area contributed by atoms with Crippen molar-refractivity contribution >= 4 is 35.5 Å². The van der Waals surface area contributed by atoms with Crippen molar-refractivity contribution in [1.29, 1.82) is 0 Å². The van der Waals surface area contributed by atoms with Crippen molar-refractivity contribution in [3.05, 3.63) is 34.4 Å². The average molecular weight is 305 g/mol. The number of nitrogens with one attached hydrogen (secondary N) is 2. The number of ether oxygens (including phenoxy) is 1. The molecule has 0 saturated carbocycles. The monoisotopic (exact) mass is 304 g/mol. The molecule has 6 nitrogen and oxygen atoms in total. The molecule has 0 aliphatic carbocycles. The number of urea groups is 1. The lowest BCUT2D eigenvalue weighted by Crippen LogP contribution is -2.51. The summed E-state index contributed by atoms with van der Waals surface area (Å²) in [5.74, 6) is 1.16. The van der Waals surface area contributed by atoms with E-state index >= 15 is 0 Å². The maximum atomic E-state index is 11.6. The minimum atomic E-state index is -0.849. The number of hydrogen-bond acceptors (Lipinski definition) is 4. The molecular formula is C14H9ClN2O4. The number of amides is 4. The molecule has 7 heteroatoms. The predicted octanol–water partition coefficient (Wildman–Crippen LogP) is 1.10. The van der Waals surface area contributed by atoms with Crippen LogP contribution in [0.4, 0.5) is 4.79 Å². The third-order valence-electron chi connectivity index (χ3n) is 2.52. The van der Waals surface area contributed by atoms with Crippen LogP contribution in [-0.4, -0.2) is 24.5 Å². The van der Waals surface area contributed by atoms with Gasteiger partial charge in [0, 0.05) is 0 Å². The van der Waals surface area contributed by atoms with Crippen molar-refractivity contribution in [3.63, 3.8) is 0 Å². The molecule has 1 fully saturated rings. The second-order valence-electron chi connectivity index (χ2n) is 3.98. The van der Waals surface area contributed by atoms with Crippen LogP contribution in [0.2, 0.25) is 5.02 Å². The summed E-state index contributed by atoms with van der Waals surface area (Å²) in [4.78, 5) is 34.1. The minimum Gasteiger partial charge on any atom is -0.479 e. The highest BCUT2D eigenvalue weighted by Crippen LogP contribution is 2.26. The fourth-order valence-electron chi connectivity index (χ4n) is 1.62. The van der Waals surface area contributed by atoms with Gasteiger partial charge in [0.15, 0.2) is 0 Å². The van der Waals surface area contributed by atoms with Crippen molar-refractivity contribution < 1.29 is 19.1 Å². The second-order valence-corrected chi connectivity index (χ2v) is 4.39. The van der Waals surface area contributed by atoms with Crippen LogP contribution in [0.25, 0.3) is 6.08 Å². The lowest BCUT2D eigenvalue weighted by atomic mass is 10.1. The fourth-order valence-corrected chi connectivity index (χ4v) is 1.86. The van der Waals surface area contributed by atoms with E-state index in [1.165, 1.54) is 12.1 Å². The molecule has 1 aliphatic rings. The van der Waals surface area contributed by atoms with Crippen molar-refractivity contribution in [2.24, 2.45) is 0 Å². The van der Waals surface area contributed by atoms with Gasteiger partial charge in [-0.25, -0.2) is 4.79 Å². The third kappa shape index (κ3) is 3.41. The Hall–Kier alpha value is -2.78. The minimum absolute atomic E-state index is 0.0765. The van der Waals surface area contributed by atoms with E-state index < -0.39 is 17.8 Å². The lowest BCUT2D eigenvalue weighted by molar-refractivity contribution is -0.123. The van der Waals surface area contributed by atoms with Crippen LogP contribution in [0.3, 0.4) is 0 Å². The highest BCUT2D eigenvalue weighted by molar-refractivity contribution is 6.33. The summed E-state index contributed by atoms with van der Waals surface area (Å²) in [6.07, 6.45) is 6.39. The maximum Gasteiger partial charge on any atom is 0.328 e. The van der Waals surface area contributed by atoms with E-state index in [2.05, 4.69) is 5.92 Å². The Balaban J connectivity index is 2.27. The van der Waals surface area contributed by atoms with Crippen molar-refractivity contribution in [2.75, 3.05) is 6.61 Å². The smallest absolute Gasteiger partial charge is 0.328 e. The topological polar surface area (TPSA) is 84.5 Å². The van der Waals surface area contributed by atoms with Gasteiger partial charge in [0.25, 0.3) is 11.8 Å². The molecule has 0 radical (unpaired) electrons. The Kier molecular flexibility index (Phi) is 4.26. The van der Waals surface area contributed by atoms with Crippen LogP contribution in [0.5, 0.6) is 5.75 Å². The molecule has 1 aromatic rings. The molecule has 21 heavy (non-hydrogen) atoms. The van der Waals surface area contributed by atoms with E-state index in [1.54, 1.807) is 12.1 Å². The van der Waals surface area contributed by atoms with Gasteiger partial charge in [0.1, 0.15) is 17.9 Å². The molecule has 1 heterocycles. The predicted molar refractivity (Wildman–Crippen MR) is 75.4 cm³/mol. The zero-order valence-electron chi connectivity index (χ0n) is 10.6. The summed E-state index contributed by atoms with van der Waals surface area (Å²) in [6.45, 7) is 0.0765. The van der Waals surface area contributed by atoms with Gasteiger partial charge in [-0.3, -0.25) is 20.2 Å². The van der Waals surface area contributed by atoms with Gasteiger partial charge in [-0.05, 0) is 23.8 Å². The molecule has 0 bridgehead atoms. The van der Waals surface area contributed by atoms with Gasteiger partial charge < -0.3 is 4.74 Å². The highest BCUT2D eigenvalue weighted by atomic mass is 35.5. The quantitative estimate of drug-likeness (QED) is 0.497. The van der Waals surface area contributed by atoms with E-state index in [4.69, 9.17) is 22.8 Å². The van der Waals surface area contributed by atoms with E-state index in [1.807, 2.05) is 10.6 Å². The Morgan fingerprint density at radius 2 is 1.90 bits per heavy atom. The van der Waals surface area contributed by atoms with Gasteiger partial charge in [0.05, 0.1) is 5.02 Å². The summed E-state index contributed by atoms with van der Waals surface area (Å²) in [7, 11) is 0. The van der Waals surface area contributed by atoms with E-state index in [-0.39, 0.29) is 17.2 Å². The number of halogens is 1. The summed E-state index contributed by atoms with van der Waals surface area (Å²) >= 11 is 6.00. The number of carbonyl (C=O) groups is 3. The first kappa shape index (κ1) is 14.6. The van der Waals surface area contributed by atoms with Gasteiger partial charge in [-0.2, -0.15) is 0 Å². The maximum absolute atomic E-state index is 11.6. The van der Waals surface area contributed by atoms with Crippen LogP contribution >= 0.6 is 11.6 Å². The number of imide groups is 2. The molecule has 0 unspecified atom stereocenters. The molecule has 1 saturated heterocycles. The number of rotatable bonds is 3. The SMILES string of the molecule is C#CCOc1ccc(C=C2C(=O)NC(=O)NC2=O)cc1Cl. The number of hydrogen-bond donors (Lipinski definition) is 2. The van der Waals surface area contributed by atoms with Crippen LogP contribution in [0, 0.1) is 12.3 Å². The molecule has 2 N–H and O–H groups in total. The van der Waals surface area contributed by atoms with Gasteiger partial charge >= 0.3 is 6.03 Å².